The number of halogens is 1. The Labute approximate surface area is 197 Å². The maximum absolute atomic E-state index is 17.2. The lowest BCUT2D eigenvalue weighted by atomic mass is 9.44. The molecule has 4 rings (SSSR count). The molecule has 10 heteroatoms. The zero-order valence-corrected chi connectivity index (χ0v) is 19.6. The topological polar surface area (TPSA) is 152 Å². The van der Waals surface area contributed by atoms with Crippen LogP contribution >= 0.6 is 0 Å². The number of allylic oxidation sites excluding steroid dienone is 4. The summed E-state index contributed by atoms with van der Waals surface area (Å²) in [6.45, 7) is 4.43. The average molecular weight is 481 g/mol. The summed E-state index contributed by atoms with van der Waals surface area (Å²) in [5.41, 5.74) is -5.95. The molecule has 0 unspecified atom stereocenters. The quantitative estimate of drug-likeness (QED) is 0.179. The van der Waals surface area contributed by atoms with Crippen LogP contribution < -0.4 is 0 Å². The number of esters is 1. The summed E-state index contributed by atoms with van der Waals surface area (Å²) >= 11 is 0. The number of oxime groups is 2. The fourth-order valence-electron chi connectivity index (χ4n) is 7.28. The maximum atomic E-state index is 17.2. The predicted octanol–water partition coefficient (Wildman–Crippen LogP) is 2.10. The molecule has 0 spiro atoms. The van der Waals surface area contributed by atoms with Crippen molar-refractivity contribution >= 4 is 17.4 Å². The number of fused-ring (bicyclic) bond motifs is 5. The van der Waals surface area contributed by atoms with Crippen molar-refractivity contribution in [1.82, 2.24) is 0 Å². The minimum Gasteiger partial charge on any atom is -0.459 e. The summed E-state index contributed by atoms with van der Waals surface area (Å²) in [4.78, 5) is 11.7. The second kappa shape index (κ2) is 8.13. The molecule has 0 amide bonds. The van der Waals surface area contributed by atoms with Gasteiger partial charge in [-0.05, 0) is 50.7 Å². The number of hydrogen-bond acceptors (Lipinski definition) is 9. The highest BCUT2D eigenvalue weighted by Crippen LogP contribution is 2.69. The van der Waals surface area contributed by atoms with Gasteiger partial charge in [-0.2, -0.15) is 0 Å². The third-order valence-corrected chi connectivity index (χ3v) is 9.21. The normalized spacial score (nSPS) is 47.0. The lowest BCUT2D eigenvalue weighted by Crippen LogP contribution is -2.69. The summed E-state index contributed by atoms with van der Waals surface area (Å²) in [6, 6.07) is 0. The van der Waals surface area contributed by atoms with Crippen LogP contribution in [0.3, 0.4) is 0 Å². The summed E-state index contributed by atoms with van der Waals surface area (Å²) in [7, 11) is 0. The summed E-state index contributed by atoms with van der Waals surface area (Å²) < 4.78 is 22.2. The summed E-state index contributed by atoms with van der Waals surface area (Å²) in [6.07, 6.45) is 2.58. The van der Waals surface area contributed by atoms with E-state index >= 15 is 4.39 Å². The van der Waals surface area contributed by atoms with E-state index < -0.39 is 58.7 Å². The number of ether oxygens (including phenoxy) is 1. The molecule has 9 nitrogen and oxygen atoms in total. The van der Waals surface area contributed by atoms with Crippen molar-refractivity contribution in [3.8, 4) is 0 Å². The Morgan fingerprint density at radius 3 is 2.56 bits per heavy atom. The van der Waals surface area contributed by atoms with Crippen molar-refractivity contribution in [3.05, 3.63) is 23.8 Å². The molecular formula is C24H33FN2O7. The number of carbonyl (C=O) groups excluding carboxylic acids is 1. The van der Waals surface area contributed by atoms with Gasteiger partial charge in [0.2, 0.25) is 0 Å². The smallest absolute Gasteiger partial charge is 0.305 e. The van der Waals surface area contributed by atoms with E-state index in [1.807, 2.05) is 0 Å². The standard InChI is InChI=1S/C24H33FN2O7/c1-4-20(30)34-12-17(27-33)24(31)18(28)10-16-15-6-5-13-9-14(26-32)7-8-21(13,2)23(15,25)19(29)11-22(16,24)3/h7-9,15-16,18-19,28-29,31-33H,4-6,10-12H2,1-3H3/b26-14+,27-17+/t15-,16-,18+,19-,21-,22-,23-,24+/m0/s1. The van der Waals surface area contributed by atoms with Crippen LogP contribution in [0, 0.1) is 22.7 Å². The highest BCUT2D eigenvalue weighted by Gasteiger charge is 2.75. The number of aliphatic hydroxyl groups excluding tert-OH is 2. The van der Waals surface area contributed by atoms with Crippen molar-refractivity contribution in [1.29, 1.82) is 0 Å². The number of hydrogen-bond donors (Lipinski definition) is 5. The van der Waals surface area contributed by atoms with Gasteiger partial charge in [0, 0.05) is 23.2 Å². The first kappa shape index (κ1) is 24.8. The van der Waals surface area contributed by atoms with E-state index in [0.717, 1.165) is 0 Å². The Morgan fingerprint density at radius 2 is 1.94 bits per heavy atom. The molecular weight excluding hydrogens is 447 g/mol. The highest BCUT2D eigenvalue weighted by molar-refractivity contribution is 6.05. The second-order valence-electron chi connectivity index (χ2n) is 10.5. The van der Waals surface area contributed by atoms with Gasteiger partial charge in [0.15, 0.2) is 5.67 Å². The van der Waals surface area contributed by atoms with Crippen LogP contribution in [-0.2, 0) is 9.53 Å². The average Bonchev–Trinajstić information content (AvgIpc) is 3.01. The molecule has 0 aromatic rings. The van der Waals surface area contributed by atoms with Crippen molar-refractivity contribution < 1.29 is 39.7 Å². The van der Waals surface area contributed by atoms with Crippen LogP contribution in [0.15, 0.2) is 34.1 Å². The van der Waals surface area contributed by atoms with Gasteiger partial charge >= 0.3 is 5.97 Å². The third kappa shape index (κ3) is 2.97. The van der Waals surface area contributed by atoms with Crippen LogP contribution in [0.5, 0.6) is 0 Å². The monoisotopic (exact) mass is 480 g/mol. The van der Waals surface area contributed by atoms with Crippen LogP contribution in [-0.4, -0.2) is 73.2 Å². The van der Waals surface area contributed by atoms with Crippen LogP contribution in [0.25, 0.3) is 0 Å². The summed E-state index contributed by atoms with van der Waals surface area (Å²) in [5, 5.41) is 59.4. The molecule has 0 bridgehead atoms. The van der Waals surface area contributed by atoms with Crippen LogP contribution in [0.1, 0.15) is 52.9 Å². The zero-order chi connectivity index (χ0) is 25.1. The molecule has 4 aliphatic carbocycles. The fourth-order valence-corrected chi connectivity index (χ4v) is 7.28. The Morgan fingerprint density at radius 1 is 1.24 bits per heavy atom. The van der Waals surface area contributed by atoms with E-state index in [2.05, 4.69) is 10.3 Å². The van der Waals surface area contributed by atoms with Gasteiger partial charge < -0.3 is 30.5 Å². The molecule has 0 heterocycles. The Bertz CT molecular complexity index is 996. The number of alkyl halides is 1. The van der Waals surface area contributed by atoms with E-state index in [9.17, 15) is 25.3 Å². The van der Waals surface area contributed by atoms with Gasteiger partial charge in [0.1, 0.15) is 23.6 Å². The van der Waals surface area contributed by atoms with Crippen molar-refractivity contribution in [2.24, 2.45) is 33.0 Å². The van der Waals surface area contributed by atoms with Gasteiger partial charge in [-0.15, -0.1) is 0 Å². The number of carbonyl (C=O) groups is 1. The lowest BCUT2D eigenvalue weighted by Gasteiger charge is -2.62. The molecule has 0 aliphatic heterocycles. The molecule has 34 heavy (non-hydrogen) atoms. The SMILES string of the molecule is CCC(=O)OC/C(=N\O)[C@@]1(O)[C@H](O)C[C@H]2[C@@H]3CCC4=C/C(=N/O)C=C[C@]4(C)[C@@]3(F)[C@@H](O)C[C@@]21C. The van der Waals surface area contributed by atoms with E-state index in [4.69, 9.17) is 9.94 Å². The predicted molar refractivity (Wildman–Crippen MR) is 119 cm³/mol. The molecule has 0 radical (unpaired) electrons. The number of aliphatic hydroxyl groups is 3. The molecule has 3 saturated carbocycles. The largest absolute Gasteiger partial charge is 0.459 e. The van der Waals surface area contributed by atoms with E-state index in [1.165, 1.54) is 6.08 Å². The van der Waals surface area contributed by atoms with Crippen molar-refractivity contribution in [2.75, 3.05) is 6.61 Å². The highest BCUT2D eigenvalue weighted by atomic mass is 19.1. The first-order valence-corrected chi connectivity index (χ1v) is 11.7. The summed E-state index contributed by atoms with van der Waals surface area (Å²) in [5.74, 6) is -1.85. The molecule has 0 aromatic carbocycles. The van der Waals surface area contributed by atoms with E-state index in [1.54, 1.807) is 32.9 Å². The van der Waals surface area contributed by atoms with Gasteiger partial charge in [-0.1, -0.05) is 35.8 Å². The molecule has 0 saturated heterocycles. The van der Waals surface area contributed by atoms with Gasteiger partial charge in [0.25, 0.3) is 0 Å². The van der Waals surface area contributed by atoms with Crippen molar-refractivity contribution in [3.63, 3.8) is 0 Å². The van der Waals surface area contributed by atoms with Crippen LogP contribution in [0.2, 0.25) is 0 Å². The van der Waals surface area contributed by atoms with Crippen molar-refractivity contribution in [2.45, 2.75) is 76.4 Å². The lowest BCUT2D eigenvalue weighted by molar-refractivity contribution is -0.210. The van der Waals surface area contributed by atoms with E-state index in [-0.39, 0.29) is 25.0 Å². The van der Waals surface area contributed by atoms with Gasteiger partial charge in [-0.25, -0.2) is 4.39 Å². The molecule has 0 aromatic heterocycles. The minimum atomic E-state index is -2.13. The number of nitrogens with zero attached hydrogens (tertiary/aromatic N) is 2. The molecule has 5 N–H and O–H groups in total. The fraction of sp³-hybridized carbons (Fsp3) is 0.708. The molecule has 3 fully saturated rings. The van der Waals surface area contributed by atoms with Gasteiger partial charge in [0.05, 0.1) is 12.2 Å². The molecule has 8 atom stereocenters. The van der Waals surface area contributed by atoms with E-state index in [0.29, 0.717) is 24.1 Å². The van der Waals surface area contributed by atoms with Crippen LogP contribution in [0.4, 0.5) is 4.39 Å². The molecule has 4 aliphatic rings. The zero-order valence-electron chi connectivity index (χ0n) is 19.6. The Kier molecular flexibility index (Phi) is 5.94. The third-order valence-electron chi connectivity index (χ3n) is 9.21. The van der Waals surface area contributed by atoms with Gasteiger partial charge in [-0.3, -0.25) is 4.79 Å². The maximum Gasteiger partial charge on any atom is 0.305 e. The number of rotatable bonds is 4. The first-order chi connectivity index (χ1) is 15.9. The minimum absolute atomic E-state index is 0.0268. The Balaban J connectivity index is 1.75. The molecule has 188 valence electrons. The Hall–Kier alpha value is -2.30. The second-order valence-corrected chi connectivity index (χ2v) is 10.5. The first-order valence-electron chi connectivity index (χ1n) is 11.7.